The van der Waals surface area contributed by atoms with Gasteiger partial charge in [0.2, 0.25) is 5.69 Å². The highest BCUT2D eigenvalue weighted by molar-refractivity contribution is 5.92. The van der Waals surface area contributed by atoms with Crippen molar-refractivity contribution < 1.29 is 19.1 Å². The number of nitrogens with zero attached hydrogens (tertiary/aromatic N) is 3. The molecule has 0 aromatic heterocycles. The Balaban J connectivity index is 1.69. The molecular weight excluding hydrogens is 442 g/mol. The third-order valence-corrected chi connectivity index (χ3v) is 6.39. The molecule has 2 aromatic rings. The summed E-state index contributed by atoms with van der Waals surface area (Å²) in [4.78, 5) is 28.6. The van der Waals surface area contributed by atoms with Crippen LogP contribution in [-0.4, -0.2) is 11.9 Å². The van der Waals surface area contributed by atoms with Crippen LogP contribution < -0.4 is 9.47 Å². The fraction of sp³-hybridized carbons (Fsp3) is 0.393. The zero-order valence-electron chi connectivity index (χ0n) is 19.8. The molecular formula is C28H27N3O4. The predicted octanol–water partition coefficient (Wildman–Crippen LogP) is 6.49. The Hall–Kier alpha value is -4.15. The normalized spacial score (nSPS) is 16.9. The van der Waals surface area contributed by atoms with Crippen LogP contribution in [0.4, 0.5) is 5.69 Å². The van der Waals surface area contributed by atoms with Crippen molar-refractivity contribution in [3.63, 3.8) is 0 Å². The molecule has 1 aliphatic carbocycles. The molecule has 1 fully saturated rings. The van der Waals surface area contributed by atoms with Crippen LogP contribution in [0.15, 0.2) is 36.4 Å². The molecule has 35 heavy (non-hydrogen) atoms. The lowest BCUT2D eigenvalue weighted by Crippen LogP contribution is -2.25. The van der Waals surface area contributed by atoms with Crippen LogP contribution in [0.2, 0.25) is 0 Å². The number of carbonyl (C=O) groups is 2. The molecule has 178 valence electrons. The maximum absolute atomic E-state index is 12.8. The molecule has 0 N–H and O–H groups in total. The van der Waals surface area contributed by atoms with E-state index >= 15 is 0 Å². The summed E-state index contributed by atoms with van der Waals surface area (Å²) in [5.41, 5.74) is 0.245. The zero-order valence-corrected chi connectivity index (χ0v) is 19.8. The number of hydrogen-bond donors (Lipinski definition) is 0. The van der Waals surface area contributed by atoms with Crippen molar-refractivity contribution >= 4 is 17.6 Å². The number of esters is 2. The van der Waals surface area contributed by atoms with Crippen molar-refractivity contribution in [3.8, 4) is 23.6 Å². The molecule has 0 bridgehead atoms. The molecule has 0 unspecified atom stereocenters. The summed E-state index contributed by atoms with van der Waals surface area (Å²) in [6.45, 7) is 9.71. The maximum atomic E-state index is 12.8. The van der Waals surface area contributed by atoms with E-state index in [4.69, 9.17) is 21.3 Å². The number of hydrogen-bond acceptors (Lipinski definition) is 6. The lowest BCUT2D eigenvalue weighted by atomic mass is 9.80. The molecule has 7 heteroatoms. The Morgan fingerprint density at radius 2 is 1.66 bits per heavy atom. The minimum absolute atomic E-state index is 0.00945. The van der Waals surface area contributed by atoms with Crippen LogP contribution in [-0.2, 0) is 4.79 Å². The number of ether oxygens (including phenoxy) is 2. The van der Waals surface area contributed by atoms with Gasteiger partial charge in [0.15, 0.2) is 0 Å². The first-order valence-electron chi connectivity index (χ1n) is 11.9. The van der Waals surface area contributed by atoms with Crippen molar-refractivity contribution in [2.45, 2.75) is 58.3 Å². The Morgan fingerprint density at radius 3 is 2.26 bits per heavy atom. The van der Waals surface area contributed by atoms with E-state index in [0.29, 0.717) is 11.5 Å². The summed E-state index contributed by atoms with van der Waals surface area (Å²) in [5, 5.41) is 18.5. The number of unbranched alkanes of at least 4 members (excludes halogenated alkanes) is 2. The highest BCUT2D eigenvalue weighted by atomic mass is 16.5. The standard InChI is InChI=1S/C28H27N3O4/c1-3-4-5-6-19-7-11-21(12-8-19)28(33)35-25-16-15-24(23(18-30)26(25)31-2)34-27(32)22-13-9-20(17-29)10-14-22/h9-10,13-16,19,21H,3-8,11-12H2,1H3. The van der Waals surface area contributed by atoms with Crippen molar-refractivity contribution in [1.82, 2.24) is 0 Å². The minimum Gasteiger partial charge on any atom is -0.438 e. The van der Waals surface area contributed by atoms with Gasteiger partial charge in [0, 0.05) is 0 Å². The number of benzene rings is 2. The first-order valence-corrected chi connectivity index (χ1v) is 11.9. The summed E-state index contributed by atoms with van der Waals surface area (Å²) in [6, 6.07) is 12.4. The molecule has 0 saturated heterocycles. The van der Waals surface area contributed by atoms with E-state index in [1.165, 1.54) is 62.1 Å². The smallest absolute Gasteiger partial charge is 0.343 e. The number of rotatable bonds is 8. The third kappa shape index (κ3) is 6.46. The molecule has 7 nitrogen and oxygen atoms in total. The van der Waals surface area contributed by atoms with E-state index in [-0.39, 0.29) is 34.2 Å². The first-order chi connectivity index (χ1) is 17.0. The van der Waals surface area contributed by atoms with E-state index in [2.05, 4.69) is 11.8 Å². The molecule has 0 radical (unpaired) electrons. The lowest BCUT2D eigenvalue weighted by molar-refractivity contribution is -0.140. The fourth-order valence-corrected chi connectivity index (χ4v) is 4.34. The van der Waals surface area contributed by atoms with Crippen molar-refractivity contribution in [1.29, 1.82) is 10.5 Å². The number of carbonyl (C=O) groups excluding carboxylic acids is 2. The van der Waals surface area contributed by atoms with Gasteiger partial charge >= 0.3 is 11.9 Å². The monoisotopic (exact) mass is 469 g/mol. The van der Waals surface area contributed by atoms with Gasteiger partial charge in [-0.15, -0.1) is 0 Å². The Morgan fingerprint density at radius 1 is 0.971 bits per heavy atom. The third-order valence-electron chi connectivity index (χ3n) is 6.39. The van der Waals surface area contributed by atoms with Crippen LogP contribution in [0.25, 0.3) is 4.85 Å². The average molecular weight is 470 g/mol. The van der Waals surface area contributed by atoms with E-state index < -0.39 is 11.9 Å². The molecule has 0 atom stereocenters. The van der Waals surface area contributed by atoms with Gasteiger partial charge in [0.1, 0.15) is 17.1 Å². The molecule has 1 saturated carbocycles. The van der Waals surface area contributed by atoms with Crippen LogP contribution in [0.3, 0.4) is 0 Å². The van der Waals surface area contributed by atoms with Gasteiger partial charge in [0.25, 0.3) is 0 Å². The van der Waals surface area contributed by atoms with Crippen molar-refractivity contribution in [2.75, 3.05) is 0 Å². The SMILES string of the molecule is [C-]#[N+]c1c(OC(=O)C2CCC(CCCCC)CC2)ccc(OC(=O)c2ccc(C#N)cc2)c1C#N. The maximum Gasteiger partial charge on any atom is 0.343 e. The molecule has 3 rings (SSSR count). The molecule has 0 heterocycles. The summed E-state index contributed by atoms with van der Waals surface area (Å²) >= 11 is 0. The van der Waals surface area contributed by atoms with E-state index in [1.54, 1.807) is 0 Å². The highest BCUT2D eigenvalue weighted by Gasteiger charge is 2.29. The molecule has 0 spiro atoms. The Labute approximate surface area is 205 Å². The van der Waals surface area contributed by atoms with Crippen molar-refractivity contribution in [3.05, 3.63) is 64.5 Å². The van der Waals surface area contributed by atoms with Gasteiger partial charge in [-0.3, -0.25) is 4.79 Å². The van der Waals surface area contributed by atoms with E-state index in [1.807, 2.05) is 12.1 Å². The fourth-order valence-electron chi connectivity index (χ4n) is 4.34. The molecule has 0 amide bonds. The van der Waals surface area contributed by atoms with Gasteiger partial charge in [-0.1, -0.05) is 32.6 Å². The largest absolute Gasteiger partial charge is 0.438 e. The average Bonchev–Trinajstić information content (AvgIpc) is 2.89. The molecule has 2 aromatic carbocycles. The van der Waals surface area contributed by atoms with Gasteiger partial charge in [-0.05, 0) is 68.0 Å². The van der Waals surface area contributed by atoms with E-state index in [0.717, 1.165) is 25.7 Å². The zero-order chi connectivity index (χ0) is 25.2. The molecule has 0 aliphatic heterocycles. The van der Waals surface area contributed by atoms with Gasteiger partial charge in [-0.25, -0.2) is 9.64 Å². The van der Waals surface area contributed by atoms with Crippen molar-refractivity contribution in [2.24, 2.45) is 11.8 Å². The predicted molar refractivity (Wildman–Crippen MR) is 129 cm³/mol. The second kappa shape index (κ2) is 12.4. The van der Waals surface area contributed by atoms with E-state index in [9.17, 15) is 14.9 Å². The summed E-state index contributed by atoms with van der Waals surface area (Å²) in [7, 11) is 0. The number of nitriles is 2. The lowest BCUT2D eigenvalue weighted by Gasteiger charge is -2.27. The molecule has 1 aliphatic rings. The van der Waals surface area contributed by atoms with Crippen LogP contribution >= 0.6 is 0 Å². The Bertz CT molecular complexity index is 1190. The van der Waals surface area contributed by atoms with Crippen LogP contribution in [0, 0.1) is 41.1 Å². The van der Waals surface area contributed by atoms with Gasteiger partial charge < -0.3 is 9.47 Å². The highest BCUT2D eigenvalue weighted by Crippen LogP contribution is 2.39. The Kier molecular flexibility index (Phi) is 8.99. The van der Waals surface area contributed by atoms with Gasteiger partial charge in [0.05, 0.1) is 35.8 Å². The summed E-state index contributed by atoms with van der Waals surface area (Å²) in [5.74, 6) is -0.810. The van der Waals surface area contributed by atoms with Crippen LogP contribution in [0.5, 0.6) is 11.5 Å². The van der Waals surface area contributed by atoms with Gasteiger partial charge in [-0.2, -0.15) is 10.5 Å². The first kappa shape index (κ1) is 25.5. The summed E-state index contributed by atoms with van der Waals surface area (Å²) < 4.78 is 10.9. The topological polar surface area (TPSA) is 105 Å². The summed E-state index contributed by atoms with van der Waals surface area (Å²) in [6.07, 6.45) is 8.36. The minimum atomic E-state index is -0.734. The van der Waals surface area contributed by atoms with Crippen LogP contribution in [0.1, 0.15) is 79.8 Å². The quantitative estimate of drug-likeness (QED) is 0.189. The second-order valence-corrected chi connectivity index (χ2v) is 8.72. The second-order valence-electron chi connectivity index (χ2n) is 8.72.